The fourth-order valence-electron chi connectivity index (χ4n) is 1.07. The Morgan fingerprint density at radius 3 is 2.36 bits per heavy atom. The van der Waals surface area contributed by atoms with E-state index in [2.05, 4.69) is 0 Å². The Labute approximate surface area is 80.1 Å². The zero-order valence-corrected chi connectivity index (χ0v) is 7.95. The molecular weight excluding hydrogens is 210 g/mol. The molecule has 0 aliphatic carbocycles. The second-order valence-corrected chi connectivity index (χ2v) is 3.96. The van der Waals surface area contributed by atoms with Gasteiger partial charge in [0.05, 0.1) is 4.92 Å². The molecule has 0 unspecified atom stereocenters. The number of benzene rings is 1. The summed E-state index contributed by atoms with van der Waals surface area (Å²) in [6.45, 7) is 1.23. The molecule has 0 bridgehead atoms. The van der Waals surface area contributed by atoms with Gasteiger partial charge in [-0.25, -0.2) is 0 Å². The van der Waals surface area contributed by atoms with E-state index in [0.29, 0.717) is 0 Å². The molecule has 75 valence electrons. The van der Waals surface area contributed by atoms with Crippen molar-refractivity contribution in [2.75, 3.05) is 0 Å². The number of hydrogen-bond donors (Lipinski definition) is 0. The normalized spacial score (nSPS) is 11.3. The highest BCUT2D eigenvalue weighted by atomic mass is 32.2. The predicted molar refractivity (Wildman–Crippen MR) is 45.7 cm³/mol. The van der Waals surface area contributed by atoms with Crippen molar-refractivity contribution in [3.63, 3.8) is 0 Å². The van der Waals surface area contributed by atoms with Crippen molar-refractivity contribution in [2.24, 2.45) is 0 Å². The molecule has 0 fully saturated rings. The molecule has 14 heavy (non-hydrogen) atoms. The van der Waals surface area contributed by atoms with Crippen LogP contribution in [0.4, 0.5) is 5.69 Å². The zero-order valence-electron chi connectivity index (χ0n) is 7.13. The fourth-order valence-corrected chi connectivity index (χ4v) is 1.80. The fraction of sp³-hybridized carbons (Fsp3) is 0.143. The molecule has 0 N–H and O–H groups in total. The Balaban J connectivity index is 3.51. The van der Waals surface area contributed by atoms with Crippen LogP contribution in [0, 0.1) is 17.0 Å². The highest BCUT2D eigenvalue weighted by molar-refractivity contribution is 7.85. The number of nitro groups is 1. The Kier molecular flexibility index (Phi) is 2.54. The summed E-state index contributed by atoms with van der Waals surface area (Å²) in [6.07, 6.45) is 0. The number of nitrogens with zero attached hydrogens (tertiary/aromatic N) is 1. The third-order valence-electron chi connectivity index (χ3n) is 1.72. The molecular formula is C7H6NO5S. The lowest BCUT2D eigenvalue weighted by atomic mass is 10.2. The van der Waals surface area contributed by atoms with Crippen LogP contribution in [0.1, 0.15) is 5.56 Å². The lowest BCUT2D eigenvalue weighted by Crippen LogP contribution is -2.01. The largest absolute Gasteiger partial charge is 0.324 e. The molecule has 7 heteroatoms. The van der Waals surface area contributed by atoms with E-state index in [0.717, 1.165) is 18.2 Å². The van der Waals surface area contributed by atoms with Crippen LogP contribution in [0.15, 0.2) is 23.1 Å². The van der Waals surface area contributed by atoms with Crippen LogP contribution in [0.2, 0.25) is 0 Å². The Bertz CT molecular complexity index is 479. The van der Waals surface area contributed by atoms with Gasteiger partial charge < -0.3 is 0 Å². The first-order chi connectivity index (χ1) is 6.34. The predicted octanol–water partition coefficient (Wildman–Crippen LogP) is 1.02. The lowest BCUT2D eigenvalue weighted by Gasteiger charge is -2.00. The van der Waals surface area contributed by atoms with Crippen LogP contribution in [-0.4, -0.2) is 13.3 Å². The third-order valence-corrected chi connectivity index (χ3v) is 2.70. The minimum atomic E-state index is -4.64. The van der Waals surface area contributed by atoms with Crippen molar-refractivity contribution in [1.29, 1.82) is 0 Å². The number of nitro benzene ring substituents is 1. The average Bonchev–Trinajstić information content (AvgIpc) is 2.01. The molecule has 1 radical (unpaired) electrons. The van der Waals surface area contributed by atoms with E-state index < -0.39 is 19.9 Å². The van der Waals surface area contributed by atoms with Gasteiger partial charge in [-0.1, -0.05) is 10.6 Å². The molecule has 6 nitrogen and oxygen atoms in total. The second-order valence-electron chi connectivity index (χ2n) is 2.61. The van der Waals surface area contributed by atoms with Crippen molar-refractivity contribution in [2.45, 2.75) is 11.8 Å². The molecule has 0 saturated heterocycles. The summed E-state index contributed by atoms with van der Waals surface area (Å²) in [5.41, 5.74) is -0.505. The zero-order chi connectivity index (χ0) is 10.9. The van der Waals surface area contributed by atoms with E-state index in [4.69, 9.17) is 0 Å². The molecule has 0 aliphatic rings. The van der Waals surface area contributed by atoms with Crippen LogP contribution < -0.4 is 0 Å². The molecule has 0 heterocycles. The summed E-state index contributed by atoms with van der Waals surface area (Å²) < 4.78 is 32.0. The standard InChI is InChI=1S/C7H6NO5S/c1-5-6(8(9)10)3-2-4-7(5)14(11,12)13/h2-4H,1H3. The van der Waals surface area contributed by atoms with Crippen LogP contribution in [0.3, 0.4) is 0 Å². The van der Waals surface area contributed by atoms with Crippen molar-refractivity contribution in [3.8, 4) is 0 Å². The monoisotopic (exact) mass is 216 g/mol. The van der Waals surface area contributed by atoms with Gasteiger partial charge in [0.2, 0.25) is 0 Å². The average molecular weight is 216 g/mol. The lowest BCUT2D eigenvalue weighted by molar-refractivity contribution is -0.385. The van der Waals surface area contributed by atoms with Crippen molar-refractivity contribution in [3.05, 3.63) is 33.9 Å². The van der Waals surface area contributed by atoms with E-state index in [9.17, 15) is 23.1 Å². The quantitative estimate of drug-likeness (QED) is 0.544. The number of hydrogen-bond acceptors (Lipinski definition) is 4. The van der Waals surface area contributed by atoms with Gasteiger partial charge in [-0.3, -0.25) is 10.1 Å². The Morgan fingerprint density at radius 2 is 1.93 bits per heavy atom. The maximum atomic E-state index is 10.7. The van der Waals surface area contributed by atoms with E-state index in [-0.39, 0.29) is 11.3 Å². The van der Waals surface area contributed by atoms with E-state index in [1.165, 1.54) is 6.92 Å². The topological polar surface area (TPSA) is 97.2 Å². The number of rotatable bonds is 2. The van der Waals surface area contributed by atoms with Crippen LogP contribution >= 0.6 is 0 Å². The molecule has 1 aromatic carbocycles. The molecule has 0 aromatic heterocycles. The van der Waals surface area contributed by atoms with Gasteiger partial charge in [0.25, 0.3) is 5.69 Å². The molecule has 1 aromatic rings. The summed E-state index contributed by atoms with van der Waals surface area (Å²) in [7, 11) is -4.64. The van der Waals surface area contributed by atoms with E-state index in [1.54, 1.807) is 0 Å². The van der Waals surface area contributed by atoms with Crippen LogP contribution in [0.5, 0.6) is 0 Å². The highest BCUT2D eigenvalue weighted by Gasteiger charge is 2.21. The molecule has 0 atom stereocenters. The van der Waals surface area contributed by atoms with Gasteiger partial charge in [0.1, 0.15) is 4.90 Å². The second kappa shape index (κ2) is 3.35. The Hall–Kier alpha value is -1.47. The van der Waals surface area contributed by atoms with E-state index >= 15 is 0 Å². The first-order valence-corrected chi connectivity index (χ1v) is 4.95. The highest BCUT2D eigenvalue weighted by Crippen LogP contribution is 2.24. The van der Waals surface area contributed by atoms with Gasteiger partial charge >= 0.3 is 10.1 Å². The summed E-state index contributed by atoms with van der Waals surface area (Å²) in [4.78, 5) is 9.13. The summed E-state index contributed by atoms with van der Waals surface area (Å²) in [5, 5.41) is 10.4. The molecule has 0 amide bonds. The first kappa shape index (κ1) is 10.6. The van der Waals surface area contributed by atoms with Crippen molar-refractivity contribution >= 4 is 15.8 Å². The molecule has 0 spiro atoms. The van der Waals surface area contributed by atoms with Crippen LogP contribution in [-0.2, 0) is 14.7 Å². The van der Waals surface area contributed by atoms with Gasteiger partial charge in [-0.15, -0.1) is 0 Å². The smallest absolute Gasteiger partial charge is 0.258 e. The minimum Gasteiger partial charge on any atom is -0.258 e. The molecule has 0 aliphatic heterocycles. The summed E-state index contributed by atoms with van der Waals surface area (Å²) in [5.74, 6) is 0. The van der Waals surface area contributed by atoms with Gasteiger partial charge in [-0.05, 0) is 13.0 Å². The molecule has 0 saturated carbocycles. The van der Waals surface area contributed by atoms with Gasteiger partial charge in [0, 0.05) is 11.6 Å². The third kappa shape index (κ3) is 1.88. The van der Waals surface area contributed by atoms with Crippen molar-refractivity contribution < 1.29 is 17.9 Å². The van der Waals surface area contributed by atoms with E-state index in [1.807, 2.05) is 0 Å². The molecule has 1 rings (SSSR count). The maximum absolute atomic E-state index is 10.7. The van der Waals surface area contributed by atoms with Crippen molar-refractivity contribution in [1.82, 2.24) is 0 Å². The van der Waals surface area contributed by atoms with Gasteiger partial charge in [0.15, 0.2) is 0 Å². The SMILES string of the molecule is Cc1c([N+](=O)[O-])cccc1S([O])(=O)=O. The summed E-state index contributed by atoms with van der Waals surface area (Å²) >= 11 is 0. The van der Waals surface area contributed by atoms with Crippen LogP contribution in [0.25, 0.3) is 0 Å². The first-order valence-electron chi connectivity index (χ1n) is 3.54. The van der Waals surface area contributed by atoms with Gasteiger partial charge in [-0.2, -0.15) is 8.42 Å². The minimum absolute atomic E-state index is 0.132. The Morgan fingerprint density at radius 1 is 1.36 bits per heavy atom. The maximum Gasteiger partial charge on any atom is 0.324 e. The summed E-state index contributed by atoms with van der Waals surface area (Å²) in [6, 6.07) is 3.35.